The van der Waals surface area contributed by atoms with Gasteiger partial charge in [0.25, 0.3) is 0 Å². The van der Waals surface area contributed by atoms with E-state index in [4.69, 9.17) is 5.11 Å². The number of carboxylic acids is 1. The monoisotopic (exact) mass is 291 g/mol. The molecule has 0 bridgehead atoms. The van der Waals surface area contributed by atoms with Gasteiger partial charge in [0, 0.05) is 19.3 Å². The summed E-state index contributed by atoms with van der Waals surface area (Å²) in [6.45, 7) is 3.84. The molecule has 1 aromatic heterocycles. The number of nitrogens with zero attached hydrogens (tertiary/aromatic N) is 2. The topological polar surface area (TPSA) is 82.5 Å². The highest BCUT2D eigenvalue weighted by atomic mass is 16.4. The number of carbonyl (C=O) groups excluding carboxylic acids is 1. The molecule has 1 saturated carbocycles. The second-order valence-corrected chi connectivity index (χ2v) is 5.39. The second-order valence-electron chi connectivity index (χ2n) is 5.39. The Morgan fingerprint density at radius 2 is 2.24 bits per heavy atom. The van der Waals surface area contributed by atoms with Crippen LogP contribution in [0.5, 0.6) is 0 Å². The van der Waals surface area contributed by atoms with Crippen molar-refractivity contribution < 1.29 is 14.7 Å². The lowest BCUT2D eigenvalue weighted by atomic mass is 10.2. The van der Waals surface area contributed by atoms with Crippen LogP contribution >= 0.6 is 0 Å². The minimum atomic E-state index is -0.994. The maximum atomic E-state index is 12.2. The average Bonchev–Trinajstić information content (AvgIpc) is 3.28. The standard InChI is InChI=1S/C15H21N3O3/c1-2-7-18(10-11-3-4-11)15(21)17-9-13-8-12(14(19)20)5-6-16-13/h5-6,8,11H,2-4,7,9-10H2,1H3,(H,17,21)(H,19,20). The van der Waals surface area contributed by atoms with Crippen LogP contribution in [0.15, 0.2) is 18.3 Å². The van der Waals surface area contributed by atoms with E-state index in [0.717, 1.165) is 19.5 Å². The Kier molecular flexibility index (Phi) is 5.14. The molecule has 0 atom stereocenters. The summed E-state index contributed by atoms with van der Waals surface area (Å²) in [4.78, 5) is 29.0. The van der Waals surface area contributed by atoms with Crippen molar-refractivity contribution in [2.24, 2.45) is 5.92 Å². The van der Waals surface area contributed by atoms with Crippen LogP contribution in [0.3, 0.4) is 0 Å². The number of nitrogens with one attached hydrogen (secondary N) is 1. The Morgan fingerprint density at radius 1 is 1.48 bits per heavy atom. The zero-order valence-corrected chi connectivity index (χ0v) is 12.2. The summed E-state index contributed by atoms with van der Waals surface area (Å²) in [5.74, 6) is -0.345. The number of rotatable bonds is 7. The molecule has 2 amide bonds. The first-order valence-electron chi connectivity index (χ1n) is 7.31. The molecule has 0 unspecified atom stereocenters. The molecule has 1 aromatic rings. The van der Waals surface area contributed by atoms with E-state index in [-0.39, 0.29) is 18.1 Å². The van der Waals surface area contributed by atoms with E-state index < -0.39 is 5.97 Å². The number of urea groups is 1. The van der Waals surface area contributed by atoms with Crippen molar-refractivity contribution in [3.63, 3.8) is 0 Å². The zero-order valence-electron chi connectivity index (χ0n) is 12.2. The van der Waals surface area contributed by atoms with E-state index >= 15 is 0 Å². The number of hydrogen-bond donors (Lipinski definition) is 2. The van der Waals surface area contributed by atoms with Crippen LogP contribution in [0.25, 0.3) is 0 Å². The van der Waals surface area contributed by atoms with Gasteiger partial charge < -0.3 is 15.3 Å². The molecule has 1 heterocycles. The second kappa shape index (κ2) is 7.06. The zero-order chi connectivity index (χ0) is 15.2. The lowest BCUT2D eigenvalue weighted by Crippen LogP contribution is -2.41. The third-order valence-electron chi connectivity index (χ3n) is 3.44. The molecule has 6 nitrogen and oxygen atoms in total. The molecule has 0 saturated heterocycles. The minimum Gasteiger partial charge on any atom is -0.478 e. The third-order valence-corrected chi connectivity index (χ3v) is 3.44. The fourth-order valence-corrected chi connectivity index (χ4v) is 2.14. The Morgan fingerprint density at radius 3 is 2.86 bits per heavy atom. The van der Waals surface area contributed by atoms with Crippen LogP contribution in [0.1, 0.15) is 42.2 Å². The van der Waals surface area contributed by atoms with Gasteiger partial charge in [-0.2, -0.15) is 0 Å². The van der Waals surface area contributed by atoms with Gasteiger partial charge in [-0.15, -0.1) is 0 Å². The van der Waals surface area contributed by atoms with Crippen molar-refractivity contribution in [2.75, 3.05) is 13.1 Å². The van der Waals surface area contributed by atoms with Crippen LogP contribution in [-0.2, 0) is 6.54 Å². The summed E-state index contributed by atoms with van der Waals surface area (Å²) >= 11 is 0. The Labute approximate surface area is 124 Å². The normalized spacial score (nSPS) is 13.8. The van der Waals surface area contributed by atoms with Gasteiger partial charge in [-0.05, 0) is 37.3 Å². The molecule has 1 aliphatic carbocycles. The predicted octanol–water partition coefficient (Wildman–Crippen LogP) is 2.11. The number of hydrogen-bond acceptors (Lipinski definition) is 3. The molecule has 1 aliphatic rings. The first kappa shape index (κ1) is 15.3. The van der Waals surface area contributed by atoms with Gasteiger partial charge in [-0.1, -0.05) is 6.92 Å². The van der Waals surface area contributed by atoms with E-state index in [2.05, 4.69) is 10.3 Å². The predicted molar refractivity (Wildman–Crippen MR) is 78.0 cm³/mol. The summed E-state index contributed by atoms with van der Waals surface area (Å²) in [5, 5.41) is 11.7. The first-order chi connectivity index (χ1) is 10.1. The summed E-state index contributed by atoms with van der Waals surface area (Å²) in [6, 6.07) is 2.81. The molecule has 114 valence electrons. The fraction of sp³-hybridized carbons (Fsp3) is 0.533. The summed E-state index contributed by atoms with van der Waals surface area (Å²) in [6.07, 6.45) is 4.78. The number of aromatic nitrogens is 1. The fourth-order valence-electron chi connectivity index (χ4n) is 2.14. The van der Waals surface area contributed by atoms with E-state index in [9.17, 15) is 9.59 Å². The third kappa shape index (κ3) is 4.73. The highest BCUT2D eigenvalue weighted by molar-refractivity contribution is 5.87. The minimum absolute atomic E-state index is 0.105. The van der Waals surface area contributed by atoms with E-state index in [1.807, 2.05) is 11.8 Å². The Balaban J connectivity index is 1.89. The van der Waals surface area contributed by atoms with Crippen molar-refractivity contribution >= 4 is 12.0 Å². The highest BCUT2D eigenvalue weighted by Crippen LogP contribution is 2.29. The van der Waals surface area contributed by atoms with Gasteiger partial charge in [-0.25, -0.2) is 9.59 Å². The molecule has 0 radical (unpaired) electrons. The number of amides is 2. The van der Waals surface area contributed by atoms with Crippen LogP contribution in [0.4, 0.5) is 4.79 Å². The van der Waals surface area contributed by atoms with Crippen LogP contribution in [-0.4, -0.2) is 40.1 Å². The van der Waals surface area contributed by atoms with Crippen molar-refractivity contribution in [2.45, 2.75) is 32.7 Å². The molecule has 1 fully saturated rings. The molecule has 21 heavy (non-hydrogen) atoms. The summed E-state index contributed by atoms with van der Waals surface area (Å²) < 4.78 is 0. The molecule has 0 aromatic carbocycles. The molecular formula is C15H21N3O3. The SMILES string of the molecule is CCCN(CC1CC1)C(=O)NCc1cc(C(=O)O)ccn1. The van der Waals surface area contributed by atoms with Crippen LogP contribution in [0, 0.1) is 5.92 Å². The number of aromatic carboxylic acids is 1. The molecular weight excluding hydrogens is 270 g/mol. The van der Waals surface area contributed by atoms with Gasteiger partial charge >= 0.3 is 12.0 Å². The number of carbonyl (C=O) groups is 2. The summed E-state index contributed by atoms with van der Waals surface area (Å²) in [7, 11) is 0. The quantitative estimate of drug-likeness (QED) is 0.806. The van der Waals surface area contributed by atoms with Gasteiger partial charge in [0.15, 0.2) is 0 Å². The highest BCUT2D eigenvalue weighted by Gasteiger charge is 2.26. The van der Waals surface area contributed by atoms with E-state index in [0.29, 0.717) is 11.6 Å². The molecule has 2 N–H and O–H groups in total. The van der Waals surface area contributed by atoms with Gasteiger partial charge in [0.05, 0.1) is 17.8 Å². The largest absolute Gasteiger partial charge is 0.478 e. The lowest BCUT2D eigenvalue weighted by Gasteiger charge is -2.22. The van der Waals surface area contributed by atoms with Gasteiger partial charge in [0.1, 0.15) is 0 Å². The van der Waals surface area contributed by atoms with Gasteiger partial charge in [0.2, 0.25) is 0 Å². The van der Waals surface area contributed by atoms with Crippen molar-refractivity contribution in [1.82, 2.24) is 15.2 Å². The van der Waals surface area contributed by atoms with E-state index in [1.165, 1.54) is 31.2 Å². The Bertz CT molecular complexity index is 515. The van der Waals surface area contributed by atoms with Crippen LogP contribution in [0.2, 0.25) is 0 Å². The molecule has 6 heteroatoms. The number of pyridine rings is 1. The van der Waals surface area contributed by atoms with E-state index in [1.54, 1.807) is 0 Å². The maximum absolute atomic E-state index is 12.2. The molecule has 0 aliphatic heterocycles. The maximum Gasteiger partial charge on any atom is 0.335 e. The van der Waals surface area contributed by atoms with Crippen molar-refractivity contribution in [1.29, 1.82) is 0 Å². The molecule has 2 rings (SSSR count). The summed E-state index contributed by atoms with van der Waals surface area (Å²) in [5.41, 5.74) is 0.726. The average molecular weight is 291 g/mol. The van der Waals surface area contributed by atoms with Crippen molar-refractivity contribution in [3.05, 3.63) is 29.6 Å². The van der Waals surface area contributed by atoms with Crippen molar-refractivity contribution in [3.8, 4) is 0 Å². The van der Waals surface area contributed by atoms with Gasteiger partial charge in [-0.3, -0.25) is 4.98 Å². The lowest BCUT2D eigenvalue weighted by molar-refractivity contribution is 0.0696. The smallest absolute Gasteiger partial charge is 0.335 e. The first-order valence-corrected chi connectivity index (χ1v) is 7.31. The van der Waals surface area contributed by atoms with Crippen LogP contribution < -0.4 is 5.32 Å². The number of carboxylic acid groups (broad SMARTS) is 1. The Hall–Kier alpha value is -2.11. The molecule has 0 spiro atoms.